The van der Waals surface area contributed by atoms with Crippen LogP contribution in [0.25, 0.3) is 0 Å². The van der Waals surface area contributed by atoms with Gasteiger partial charge in [-0.1, -0.05) is 17.7 Å². The van der Waals surface area contributed by atoms with E-state index < -0.39 is 0 Å². The normalized spacial score (nSPS) is 31.2. The summed E-state index contributed by atoms with van der Waals surface area (Å²) in [5, 5.41) is 0. The monoisotopic (exact) mass is 122 g/mol. The van der Waals surface area contributed by atoms with Crippen LogP contribution in [0.4, 0.5) is 0 Å². The van der Waals surface area contributed by atoms with Crippen molar-refractivity contribution in [2.75, 3.05) is 0 Å². The summed E-state index contributed by atoms with van der Waals surface area (Å²) in [6, 6.07) is 0. The standard InChI is InChI=1S/C9H14/c1-3-8-6-5-7-9(8)4-2/h3-4,8H,1,5-7H2,2H3/b9-4-. The van der Waals surface area contributed by atoms with Crippen LogP contribution in [0.2, 0.25) is 0 Å². The molecule has 0 heteroatoms. The van der Waals surface area contributed by atoms with E-state index in [0.717, 1.165) is 0 Å². The van der Waals surface area contributed by atoms with Crippen molar-refractivity contribution < 1.29 is 0 Å². The quantitative estimate of drug-likeness (QED) is 0.469. The van der Waals surface area contributed by atoms with Crippen molar-refractivity contribution in [3.63, 3.8) is 0 Å². The van der Waals surface area contributed by atoms with E-state index >= 15 is 0 Å². The summed E-state index contributed by atoms with van der Waals surface area (Å²) >= 11 is 0. The predicted octanol–water partition coefficient (Wildman–Crippen LogP) is 2.92. The molecule has 0 heterocycles. The molecule has 0 spiro atoms. The van der Waals surface area contributed by atoms with Crippen LogP contribution in [-0.2, 0) is 0 Å². The molecule has 1 unspecified atom stereocenters. The third-order valence-electron chi connectivity index (χ3n) is 2.11. The number of hydrogen-bond acceptors (Lipinski definition) is 0. The van der Waals surface area contributed by atoms with Crippen molar-refractivity contribution in [3.05, 3.63) is 24.3 Å². The Bertz CT molecular complexity index is 131. The van der Waals surface area contributed by atoms with Gasteiger partial charge in [-0.2, -0.15) is 0 Å². The number of rotatable bonds is 1. The van der Waals surface area contributed by atoms with E-state index in [1.54, 1.807) is 5.57 Å². The van der Waals surface area contributed by atoms with E-state index in [1.165, 1.54) is 19.3 Å². The Morgan fingerprint density at radius 2 is 2.44 bits per heavy atom. The lowest BCUT2D eigenvalue weighted by atomic mass is 10.0. The molecule has 0 saturated heterocycles. The maximum atomic E-state index is 3.80. The van der Waals surface area contributed by atoms with Crippen molar-refractivity contribution >= 4 is 0 Å². The van der Waals surface area contributed by atoms with Crippen molar-refractivity contribution in [1.82, 2.24) is 0 Å². The second kappa shape index (κ2) is 2.86. The summed E-state index contributed by atoms with van der Waals surface area (Å²) in [6.45, 7) is 5.92. The Hall–Kier alpha value is -0.520. The first kappa shape index (κ1) is 6.60. The Kier molecular flexibility index (Phi) is 2.10. The Balaban J connectivity index is 2.62. The molecule has 0 aromatic rings. The maximum Gasteiger partial charge on any atom is -0.00260 e. The van der Waals surface area contributed by atoms with Gasteiger partial charge in [-0.25, -0.2) is 0 Å². The summed E-state index contributed by atoms with van der Waals surface area (Å²) in [4.78, 5) is 0. The van der Waals surface area contributed by atoms with Crippen molar-refractivity contribution in [2.24, 2.45) is 5.92 Å². The van der Waals surface area contributed by atoms with E-state index in [0.29, 0.717) is 5.92 Å². The third kappa shape index (κ3) is 1.24. The van der Waals surface area contributed by atoms with Crippen LogP contribution in [-0.4, -0.2) is 0 Å². The zero-order chi connectivity index (χ0) is 6.69. The first-order valence-electron chi connectivity index (χ1n) is 3.66. The fourth-order valence-corrected chi connectivity index (χ4v) is 1.52. The zero-order valence-corrected chi connectivity index (χ0v) is 6.06. The minimum atomic E-state index is 0.704. The van der Waals surface area contributed by atoms with Gasteiger partial charge in [-0.05, 0) is 32.1 Å². The molecule has 0 nitrogen and oxygen atoms in total. The molecule has 0 aromatic carbocycles. The number of hydrogen-bond donors (Lipinski definition) is 0. The van der Waals surface area contributed by atoms with Gasteiger partial charge in [0.2, 0.25) is 0 Å². The topological polar surface area (TPSA) is 0 Å². The van der Waals surface area contributed by atoms with Gasteiger partial charge in [0.05, 0.1) is 0 Å². The Morgan fingerprint density at radius 1 is 1.67 bits per heavy atom. The van der Waals surface area contributed by atoms with Gasteiger partial charge in [-0.3, -0.25) is 0 Å². The second-order valence-corrected chi connectivity index (χ2v) is 2.60. The Morgan fingerprint density at radius 3 is 2.89 bits per heavy atom. The molecular formula is C9H14. The van der Waals surface area contributed by atoms with Gasteiger partial charge >= 0.3 is 0 Å². The summed E-state index contributed by atoms with van der Waals surface area (Å²) in [5.74, 6) is 0.704. The zero-order valence-electron chi connectivity index (χ0n) is 6.06. The molecule has 0 amide bonds. The lowest BCUT2D eigenvalue weighted by molar-refractivity contribution is 0.766. The molecule has 1 atom stereocenters. The summed E-state index contributed by atoms with van der Waals surface area (Å²) in [7, 11) is 0. The molecule has 50 valence electrons. The van der Waals surface area contributed by atoms with Crippen LogP contribution in [0, 0.1) is 5.92 Å². The SMILES string of the molecule is C=CC1CCC/C1=C/C. The maximum absolute atomic E-state index is 3.80. The molecule has 1 rings (SSSR count). The average Bonchev–Trinajstić information content (AvgIpc) is 2.33. The van der Waals surface area contributed by atoms with Crippen molar-refractivity contribution in [3.8, 4) is 0 Å². The summed E-state index contributed by atoms with van der Waals surface area (Å²) in [5.41, 5.74) is 1.59. The molecule has 1 fully saturated rings. The lowest BCUT2D eigenvalue weighted by Gasteiger charge is -2.02. The van der Waals surface area contributed by atoms with Crippen LogP contribution >= 0.6 is 0 Å². The molecule has 0 N–H and O–H groups in total. The molecule has 1 aliphatic carbocycles. The van der Waals surface area contributed by atoms with Gasteiger partial charge in [0.15, 0.2) is 0 Å². The molecule has 0 aliphatic heterocycles. The van der Waals surface area contributed by atoms with E-state index in [4.69, 9.17) is 0 Å². The first-order chi connectivity index (χ1) is 4.38. The van der Waals surface area contributed by atoms with Crippen LogP contribution in [0.3, 0.4) is 0 Å². The highest BCUT2D eigenvalue weighted by Crippen LogP contribution is 2.31. The summed E-state index contributed by atoms with van der Waals surface area (Å²) in [6.07, 6.45) is 8.29. The second-order valence-electron chi connectivity index (χ2n) is 2.60. The lowest BCUT2D eigenvalue weighted by Crippen LogP contribution is -1.88. The summed E-state index contributed by atoms with van der Waals surface area (Å²) < 4.78 is 0. The third-order valence-corrected chi connectivity index (χ3v) is 2.11. The molecule has 0 bridgehead atoms. The fourth-order valence-electron chi connectivity index (χ4n) is 1.52. The van der Waals surface area contributed by atoms with Crippen molar-refractivity contribution in [2.45, 2.75) is 26.2 Å². The molecular weight excluding hydrogens is 108 g/mol. The van der Waals surface area contributed by atoms with Crippen LogP contribution in [0.5, 0.6) is 0 Å². The van der Waals surface area contributed by atoms with Gasteiger partial charge in [0.1, 0.15) is 0 Å². The molecule has 0 aromatic heterocycles. The minimum absolute atomic E-state index is 0.704. The average molecular weight is 122 g/mol. The van der Waals surface area contributed by atoms with Gasteiger partial charge in [-0.15, -0.1) is 6.58 Å². The van der Waals surface area contributed by atoms with E-state index in [9.17, 15) is 0 Å². The first-order valence-corrected chi connectivity index (χ1v) is 3.66. The minimum Gasteiger partial charge on any atom is -0.102 e. The fraction of sp³-hybridized carbons (Fsp3) is 0.556. The van der Waals surface area contributed by atoms with Gasteiger partial charge in [0, 0.05) is 0 Å². The van der Waals surface area contributed by atoms with E-state index in [1.807, 2.05) is 0 Å². The molecule has 1 saturated carbocycles. The smallest absolute Gasteiger partial charge is 0.00260 e. The van der Waals surface area contributed by atoms with Crippen LogP contribution in [0.1, 0.15) is 26.2 Å². The highest BCUT2D eigenvalue weighted by atomic mass is 14.2. The van der Waals surface area contributed by atoms with Crippen LogP contribution < -0.4 is 0 Å². The number of allylic oxidation sites excluding steroid dienone is 3. The molecule has 1 aliphatic rings. The highest BCUT2D eigenvalue weighted by Gasteiger charge is 2.15. The van der Waals surface area contributed by atoms with E-state index in [2.05, 4.69) is 25.7 Å². The molecule has 9 heavy (non-hydrogen) atoms. The van der Waals surface area contributed by atoms with Gasteiger partial charge < -0.3 is 0 Å². The van der Waals surface area contributed by atoms with Crippen LogP contribution in [0.15, 0.2) is 24.3 Å². The largest absolute Gasteiger partial charge is 0.102 e. The predicted molar refractivity (Wildman–Crippen MR) is 41.3 cm³/mol. The highest BCUT2D eigenvalue weighted by molar-refractivity contribution is 5.15. The van der Waals surface area contributed by atoms with Gasteiger partial charge in [0.25, 0.3) is 0 Å². The molecule has 0 radical (unpaired) electrons. The van der Waals surface area contributed by atoms with Crippen molar-refractivity contribution in [1.29, 1.82) is 0 Å². The Labute approximate surface area is 57.3 Å². The van der Waals surface area contributed by atoms with E-state index in [-0.39, 0.29) is 0 Å².